The number of cyclic esters (lactones) is 1. The highest BCUT2D eigenvalue weighted by Gasteiger charge is 2.47. The van der Waals surface area contributed by atoms with Gasteiger partial charge in [-0.25, -0.2) is 14.6 Å². The first-order chi connectivity index (χ1) is 16.9. The van der Waals surface area contributed by atoms with Crippen LogP contribution in [0.2, 0.25) is 0 Å². The molecule has 2 aromatic rings. The molecule has 2 aliphatic carbocycles. The minimum absolute atomic E-state index is 0.196. The van der Waals surface area contributed by atoms with Crippen LogP contribution >= 0.6 is 0 Å². The maximum absolute atomic E-state index is 12.0. The van der Waals surface area contributed by atoms with Crippen molar-refractivity contribution in [1.82, 2.24) is 15.3 Å². The van der Waals surface area contributed by atoms with E-state index in [1.54, 1.807) is 24.4 Å². The Labute approximate surface area is 204 Å². The van der Waals surface area contributed by atoms with E-state index >= 15 is 0 Å². The number of ether oxygens (including phenoxy) is 1. The van der Waals surface area contributed by atoms with Crippen molar-refractivity contribution in [2.24, 2.45) is 4.99 Å². The van der Waals surface area contributed by atoms with Gasteiger partial charge >= 0.3 is 11.9 Å². The van der Waals surface area contributed by atoms with Crippen molar-refractivity contribution in [3.8, 4) is 0 Å². The maximum atomic E-state index is 12.0. The zero-order valence-electron chi connectivity index (χ0n) is 19.6. The number of carboxylic acids is 1. The molecule has 1 aliphatic heterocycles. The molecule has 2 saturated carbocycles. The Kier molecular flexibility index (Phi) is 7.53. The Balaban J connectivity index is 0.000000165. The van der Waals surface area contributed by atoms with E-state index in [0.29, 0.717) is 24.4 Å². The summed E-state index contributed by atoms with van der Waals surface area (Å²) in [5.41, 5.74) is -0.829. The number of carbonyl (C=O) groups is 3. The topological polar surface area (TPSA) is 131 Å². The Morgan fingerprint density at radius 3 is 2.06 bits per heavy atom. The molecule has 184 valence electrons. The lowest BCUT2D eigenvalue weighted by Crippen LogP contribution is -2.55. The van der Waals surface area contributed by atoms with Crippen LogP contribution in [-0.4, -0.2) is 49.9 Å². The third kappa shape index (κ3) is 5.55. The summed E-state index contributed by atoms with van der Waals surface area (Å²) in [7, 11) is 0. The highest BCUT2D eigenvalue weighted by Crippen LogP contribution is 2.37. The van der Waals surface area contributed by atoms with Gasteiger partial charge in [-0.05, 0) is 49.9 Å². The fourth-order valence-electron chi connectivity index (χ4n) is 4.82. The second-order valence-corrected chi connectivity index (χ2v) is 9.23. The molecule has 9 nitrogen and oxygen atoms in total. The first kappa shape index (κ1) is 24.5. The molecule has 3 aliphatic rings. The van der Waals surface area contributed by atoms with Crippen LogP contribution in [0.25, 0.3) is 0 Å². The summed E-state index contributed by atoms with van der Waals surface area (Å²) in [6.07, 6.45) is 11.7. The maximum Gasteiger partial charge on any atom is 0.340 e. The molecule has 2 aromatic heterocycles. The van der Waals surface area contributed by atoms with Gasteiger partial charge in [0, 0.05) is 12.4 Å². The molecule has 5 rings (SSSR count). The molecule has 1 amide bonds. The molecule has 3 heterocycles. The summed E-state index contributed by atoms with van der Waals surface area (Å²) in [6.45, 7) is 0. The lowest BCUT2D eigenvalue weighted by atomic mass is 9.81. The Morgan fingerprint density at radius 2 is 1.49 bits per heavy atom. The summed E-state index contributed by atoms with van der Waals surface area (Å²) in [6, 6.07) is 10.5. The predicted octanol–water partition coefficient (Wildman–Crippen LogP) is 3.69. The number of nitrogens with one attached hydrogen (secondary N) is 1. The van der Waals surface area contributed by atoms with Crippen molar-refractivity contribution in [1.29, 1.82) is 0 Å². The Bertz CT molecular complexity index is 1080. The van der Waals surface area contributed by atoms with Gasteiger partial charge < -0.3 is 15.2 Å². The van der Waals surface area contributed by atoms with E-state index in [1.165, 1.54) is 12.6 Å². The summed E-state index contributed by atoms with van der Waals surface area (Å²) >= 11 is 0. The number of amides is 1. The van der Waals surface area contributed by atoms with Crippen LogP contribution < -0.4 is 5.32 Å². The van der Waals surface area contributed by atoms with Crippen molar-refractivity contribution in [3.63, 3.8) is 0 Å². The number of aromatic nitrogens is 2. The standard InChI is InChI=1S/C13H16N2O3.C13H14N2O2/c16-11(10-6-2-5-9-14-10)15-13(12(17)18)7-3-1-4-8-13;16-12-13(7-3-1-4-8-13)15-11(17-12)10-6-2-5-9-14-10/h2,5-6,9H,1,3-4,7-8H2,(H,15,16)(H,17,18);2,5-6,9H,1,3-4,7-8H2. The van der Waals surface area contributed by atoms with Gasteiger partial charge in [-0.15, -0.1) is 0 Å². The van der Waals surface area contributed by atoms with Crippen LogP contribution in [0.3, 0.4) is 0 Å². The minimum Gasteiger partial charge on any atom is -0.480 e. The number of hydrogen-bond donors (Lipinski definition) is 2. The van der Waals surface area contributed by atoms with Crippen LogP contribution in [0.5, 0.6) is 0 Å². The fraction of sp³-hybridized carbons (Fsp3) is 0.462. The van der Waals surface area contributed by atoms with Crippen molar-refractivity contribution >= 4 is 23.7 Å². The Hall–Kier alpha value is -3.62. The smallest absolute Gasteiger partial charge is 0.340 e. The summed E-state index contributed by atoms with van der Waals surface area (Å²) < 4.78 is 5.29. The van der Waals surface area contributed by atoms with Crippen molar-refractivity contribution in [2.45, 2.75) is 75.3 Å². The van der Waals surface area contributed by atoms with Crippen molar-refractivity contribution in [2.75, 3.05) is 0 Å². The van der Waals surface area contributed by atoms with E-state index in [-0.39, 0.29) is 11.7 Å². The number of pyridine rings is 2. The molecule has 9 heteroatoms. The van der Waals surface area contributed by atoms with Gasteiger partial charge in [0.15, 0.2) is 5.54 Å². The number of carbonyl (C=O) groups excluding carboxylic acids is 2. The fourth-order valence-corrected chi connectivity index (χ4v) is 4.82. The number of aliphatic imine (C=N–C) groups is 1. The van der Waals surface area contributed by atoms with Gasteiger partial charge in [-0.1, -0.05) is 50.7 Å². The molecule has 0 aromatic carbocycles. The molecule has 0 saturated heterocycles. The van der Waals surface area contributed by atoms with Crippen LogP contribution in [0.1, 0.15) is 80.4 Å². The average Bonchev–Trinajstić information content (AvgIpc) is 3.21. The summed E-state index contributed by atoms with van der Waals surface area (Å²) in [5, 5.41) is 12.0. The van der Waals surface area contributed by atoms with E-state index in [2.05, 4.69) is 20.3 Å². The zero-order valence-corrected chi connectivity index (χ0v) is 19.6. The van der Waals surface area contributed by atoms with Crippen LogP contribution in [0.4, 0.5) is 0 Å². The van der Waals surface area contributed by atoms with Crippen molar-refractivity contribution < 1.29 is 24.2 Å². The summed E-state index contributed by atoms with van der Waals surface area (Å²) in [5.74, 6) is -1.18. The minimum atomic E-state index is -1.12. The first-order valence-corrected chi connectivity index (χ1v) is 12.1. The molecule has 2 fully saturated rings. The molecule has 0 unspecified atom stereocenters. The first-order valence-electron chi connectivity index (χ1n) is 12.1. The van der Waals surface area contributed by atoms with Gasteiger partial charge in [-0.3, -0.25) is 14.8 Å². The highest BCUT2D eigenvalue weighted by atomic mass is 16.6. The molecule has 1 spiro atoms. The highest BCUT2D eigenvalue weighted by molar-refractivity contribution is 6.07. The zero-order chi connectivity index (χ0) is 24.7. The third-order valence-corrected chi connectivity index (χ3v) is 6.82. The van der Waals surface area contributed by atoms with Gasteiger partial charge in [0.25, 0.3) is 5.91 Å². The lowest BCUT2D eigenvalue weighted by Gasteiger charge is -2.33. The Morgan fingerprint density at radius 1 is 0.857 bits per heavy atom. The number of rotatable bonds is 4. The predicted molar refractivity (Wildman–Crippen MR) is 128 cm³/mol. The molecule has 0 bridgehead atoms. The van der Waals surface area contributed by atoms with Gasteiger partial charge in [0.05, 0.1) is 0 Å². The lowest BCUT2D eigenvalue weighted by molar-refractivity contribution is -0.146. The monoisotopic (exact) mass is 478 g/mol. The molecule has 0 radical (unpaired) electrons. The second kappa shape index (κ2) is 10.8. The number of hydrogen-bond acceptors (Lipinski definition) is 7. The van der Waals surface area contributed by atoms with Gasteiger partial charge in [-0.2, -0.15) is 0 Å². The van der Waals surface area contributed by atoms with Crippen molar-refractivity contribution in [3.05, 3.63) is 60.2 Å². The normalized spacial score (nSPS) is 20.1. The van der Waals surface area contributed by atoms with Crippen LogP contribution in [0.15, 0.2) is 53.8 Å². The molecular formula is C26H30N4O5. The van der Waals surface area contributed by atoms with E-state index < -0.39 is 23.0 Å². The van der Waals surface area contributed by atoms with E-state index in [4.69, 9.17) is 4.74 Å². The van der Waals surface area contributed by atoms with Gasteiger partial charge in [0.2, 0.25) is 5.90 Å². The third-order valence-electron chi connectivity index (χ3n) is 6.82. The summed E-state index contributed by atoms with van der Waals surface area (Å²) in [4.78, 5) is 48.0. The number of carboxylic acid groups (broad SMARTS) is 1. The second-order valence-electron chi connectivity index (χ2n) is 9.23. The van der Waals surface area contributed by atoms with Crippen LogP contribution in [-0.2, 0) is 14.3 Å². The van der Waals surface area contributed by atoms with E-state index in [0.717, 1.165) is 44.9 Å². The van der Waals surface area contributed by atoms with Gasteiger partial charge in [0.1, 0.15) is 16.9 Å². The largest absolute Gasteiger partial charge is 0.480 e. The number of nitrogens with zero attached hydrogens (tertiary/aromatic N) is 3. The molecular weight excluding hydrogens is 448 g/mol. The molecule has 35 heavy (non-hydrogen) atoms. The van der Waals surface area contributed by atoms with E-state index in [1.807, 2.05) is 18.2 Å². The van der Waals surface area contributed by atoms with Crippen LogP contribution in [0, 0.1) is 0 Å². The average molecular weight is 479 g/mol. The number of aliphatic carboxylic acids is 1. The molecule has 0 atom stereocenters. The molecule has 2 N–H and O–H groups in total. The SMILES string of the molecule is O=C(NC1(C(=O)O)CCCCC1)c1ccccn1.O=C1OC(c2ccccn2)=NC12CCCCC2. The number of esters is 1. The quantitative estimate of drug-likeness (QED) is 0.641. The van der Waals surface area contributed by atoms with E-state index in [9.17, 15) is 19.5 Å².